The van der Waals surface area contributed by atoms with Crippen molar-refractivity contribution in [3.63, 3.8) is 0 Å². The van der Waals surface area contributed by atoms with Crippen LogP contribution in [0.5, 0.6) is 0 Å². The predicted molar refractivity (Wildman–Crippen MR) is 78.1 cm³/mol. The number of carbonyl (C=O) groups is 3. The number of nitrogens with zero attached hydrogens (tertiary/aromatic N) is 2. The van der Waals surface area contributed by atoms with Crippen LogP contribution in [0.2, 0.25) is 0 Å². The Morgan fingerprint density at radius 1 is 1.27 bits per heavy atom. The van der Waals surface area contributed by atoms with Crippen molar-refractivity contribution < 1.29 is 14.4 Å². The van der Waals surface area contributed by atoms with Crippen molar-refractivity contribution in [1.82, 2.24) is 10.2 Å². The SMILES string of the molecule is C[C@@H]1C(=O)N(CC(=O)NCc2cccc(C#N)c2)C(=O)[C@@H]1C. The van der Waals surface area contributed by atoms with Gasteiger partial charge < -0.3 is 5.32 Å². The fourth-order valence-corrected chi connectivity index (χ4v) is 2.33. The summed E-state index contributed by atoms with van der Waals surface area (Å²) < 4.78 is 0. The maximum atomic E-state index is 11.9. The van der Waals surface area contributed by atoms with E-state index in [1.165, 1.54) is 0 Å². The van der Waals surface area contributed by atoms with Gasteiger partial charge >= 0.3 is 0 Å². The highest BCUT2D eigenvalue weighted by Crippen LogP contribution is 2.24. The molecule has 22 heavy (non-hydrogen) atoms. The van der Waals surface area contributed by atoms with E-state index < -0.39 is 5.91 Å². The molecule has 6 heteroatoms. The smallest absolute Gasteiger partial charge is 0.240 e. The van der Waals surface area contributed by atoms with E-state index in [2.05, 4.69) is 5.32 Å². The molecule has 3 amide bonds. The predicted octanol–water partition coefficient (Wildman–Crippen LogP) is 0.815. The summed E-state index contributed by atoms with van der Waals surface area (Å²) in [5, 5.41) is 11.5. The molecule has 0 radical (unpaired) electrons. The van der Waals surface area contributed by atoms with Gasteiger partial charge in [-0.3, -0.25) is 19.3 Å². The molecule has 0 aromatic heterocycles. The van der Waals surface area contributed by atoms with Crippen molar-refractivity contribution in [1.29, 1.82) is 5.26 Å². The van der Waals surface area contributed by atoms with E-state index in [1.54, 1.807) is 38.1 Å². The van der Waals surface area contributed by atoms with Crippen LogP contribution >= 0.6 is 0 Å². The molecule has 1 aliphatic heterocycles. The van der Waals surface area contributed by atoms with E-state index in [-0.39, 0.29) is 36.7 Å². The van der Waals surface area contributed by atoms with Crippen LogP contribution in [-0.2, 0) is 20.9 Å². The lowest BCUT2D eigenvalue weighted by Crippen LogP contribution is -2.40. The number of amides is 3. The Balaban J connectivity index is 1.92. The highest BCUT2D eigenvalue weighted by Gasteiger charge is 2.42. The summed E-state index contributed by atoms with van der Waals surface area (Å²) in [7, 11) is 0. The van der Waals surface area contributed by atoms with E-state index in [0.29, 0.717) is 5.56 Å². The lowest BCUT2D eigenvalue weighted by molar-refractivity contribution is -0.143. The molecule has 0 saturated carbocycles. The van der Waals surface area contributed by atoms with Gasteiger partial charge in [0.05, 0.1) is 11.6 Å². The summed E-state index contributed by atoms with van der Waals surface area (Å²) in [4.78, 5) is 36.7. The molecule has 1 fully saturated rings. The largest absolute Gasteiger partial charge is 0.350 e. The standard InChI is InChI=1S/C16H17N3O3/c1-10-11(2)16(22)19(15(10)21)9-14(20)18-8-13-5-3-4-12(6-13)7-17/h3-6,10-11H,8-9H2,1-2H3,(H,18,20)/t10-,11+. The van der Waals surface area contributed by atoms with Gasteiger partial charge in [-0.25, -0.2) is 0 Å². The van der Waals surface area contributed by atoms with Gasteiger partial charge in [0, 0.05) is 18.4 Å². The van der Waals surface area contributed by atoms with Crippen LogP contribution in [0, 0.1) is 23.2 Å². The first-order chi connectivity index (χ1) is 10.4. The van der Waals surface area contributed by atoms with Gasteiger partial charge in [0.1, 0.15) is 6.54 Å². The van der Waals surface area contributed by atoms with Gasteiger partial charge in [0.2, 0.25) is 17.7 Å². The Morgan fingerprint density at radius 2 is 1.91 bits per heavy atom. The second kappa shape index (κ2) is 6.39. The van der Waals surface area contributed by atoms with E-state index in [1.807, 2.05) is 6.07 Å². The van der Waals surface area contributed by atoms with Crippen molar-refractivity contribution in [3.8, 4) is 6.07 Å². The molecule has 1 aromatic carbocycles. The summed E-state index contributed by atoms with van der Waals surface area (Å²) >= 11 is 0. The first-order valence-corrected chi connectivity index (χ1v) is 7.05. The molecule has 6 nitrogen and oxygen atoms in total. The number of rotatable bonds is 4. The Labute approximate surface area is 128 Å². The third kappa shape index (κ3) is 3.14. The van der Waals surface area contributed by atoms with E-state index in [0.717, 1.165) is 10.5 Å². The number of likely N-dealkylation sites (tertiary alicyclic amines) is 1. The number of imide groups is 1. The van der Waals surface area contributed by atoms with Crippen LogP contribution < -0.4 is 5.32 Å². The van der Waals surface area contributed by atoms with Crippen LogP contribution in [-0.4, -0.2) is 29.2 Å². The van der Waals surface area contributed by atoms with Crippen molar-refractivity contribution in [2.24, 2.45) is 11.8 Å². The fraction of sp³-hybridized carbons (Fsp3) is 0.375. The number of hydrogen-bond donors (Lipinski definition) is 1. The molecular weight excluding hydrogens is 282 g/mol. The zero-order valence-corrected chi connectivity index (χ0v) is 12.5. The van der Waals surface area contributed by atoms with Crippen molar-refractivity contribution in [2.75, 3.05) is 6.54 Å². The number of hydrogen-bond acceptors (Lipinski definition) is 4. The first-order valence-electron chi connectivity index (χ1n) is 7.05. The third-order valence-electron chi connectivity index (χ3n) is 3.91. The van der Waals surface area contributed by atoms with Gasteiger partial charge in [-0.1, -0.05) is 26.0 Å². The Kier molecular flexibility index (Phi) is 4.56. The first kappa shape index (κ1) is 15.7. The molecule has 1 aromatic rings. The number of nitriles is 1. The molecule has 0 spiro atoms. The maximum Gasteiger partial charge on any atom is 0.240 e. The van der Waals surface area contributed by atoms with Gasteiger partial charge in [0.25, 0.3) is 0 Å². The molecule has 1 N–H and O–H groups in total. The van der Waals surface area contributed by atoms with E-state index in [4.69, 9.17) is 5.26 Å². The molecule has 0 unspecified atom stereocenters. The minimum atomic E-state index is -0.398. The lowest BCUT2D eigenvalue weighted by atomic mass is 10.00. The molecule has 0 aliphatic carbocycles. The molecule has 1 heterocycles. The Morgan fingerprint density at radius 3 is 2.50 bits per heavy atom. The highest BCUT2D eigenvalue weighted by atomic mass is 16.2. The molecule has 114 valence electrons. The van der Waals surface area contributed by atoms with E-state index >= 15 is 0 Å². The van der Waals surface area contributed by atoms with Crippen LogP contribution in [0.4, 0.5) is 0 Å². The van der Waals surface area contributed by atoms with Crippen molar-refractivity contribution in [2.45, 2.75) is 20.4 Å². The monoisotopic (exact) mass is 299 g/mol. The minimum absolute atomic E-state index is 0.246. The number of carbonyl (C=O) groups excluding carboxylic acids is 3. The zero-order chi connectivity index (χ0) is 16.3. The second-order valence-electron chi connectivity index (χ2n) is 5.43. The Hall–Kier alpha value is -2.68. The lowest BCUT2D eigenvalue weighted by Gasteiger charge is -2.14. The van der Waals surface area contributed by atoms with Gasteiger partial charge in [-0.05, 0) is 17.7 Å². The molecular formula is C16H17N3O3. The molecule has 2 atom stereocenters. The topological polar surface area (TPSA) is 90.3 Å². The summed E-state index contributed by atoms with van der Waals surface area (Å²) in [6, 6.07) is 8.90. The normalized spacial score (nSPS) is 20.9. The molecule has 2 rings (SSSR count). The quantitative estimate of drug-likeness (QED) is 0.833. The highest BCUT2D eigenvalue weighted by molar-refractivity contribution is 6.06. The summed E-state index contributed by atoms with van der Waals surface area (Å²) in [6.07, 6.45) is 0. The summed E-state index contributed by atoms with van der Waals surface area (Å²) in [5.41, 5.74) is 1.30. The average Bonchev–Trinajstić information content (AvgIpc) is 2.71. The van der Waals surface area contributed by atoms with Gasteiger partial charge in [-0.15, -0.1) is 0 Å². The van der Waals surface area contributed by atoms with Gasteiger partial charge in [0.15, 0.2) is 0 Å². The summed E-state index contributed by atoms with van der Waals surface area (Å²) in [6.45, 7) is 3.37. The molecule has 1 aliphatic rings. The summed E-state index contributed by atoms with van der Waals surface area (Å²) in [5.74, 6) is -1.77. The average molecular weight is 299 g/mol. The van der Waals surface area contributed by atoms with Crippen LogP contribution in [0.3, 0.4) is 0 Å². The Bertz CT molecular complexity index is 643. The maximum absolute atomic E-state index is 11.9. The molecule has 1 saturated heterocycles. The fourth-order valence-electron chi connectivity index (χ4n) is 2.33. The number of benzene rings is 1. The minimum Gasteiger partial charge on any atom is -0.350 e. The zero-order valence-electron chi connectivity index (χ0n) is 12.5. The van der Waals surface area contributed by atoms with Crippen LogP contribution in [0.1, 0.15) is 25.0 Å². The van der Waals surface area contributed by atoms with Crippen molar-refractivity contribution in [3.05, 3.63) is 35.4 Å². The van der Waals surface area contributed by atoms with E-state index in [9.17, 15) is 14.4 Å². The third-order valence-corrected chi connectivity index (χ3v) is 3.91. The second-order valence-corrected chi connectivity index (χ2v) is 5.43. The molecule has 0 bridgehead atoms. The van der Waals surface area contributed by atoms with Gasteiger partial charge in [-0.2, -0.15) is 5.26 Å². The van der Waals surface area contributed by atoms with Crippen LogP contribution in [0.15, 0.2) is 24.3 Å². The number of nitrogens with one attached hydrogen (secondary N) is 1. The van der Waals surface area contributed by atoms with Crippen LogP contribution in [0.25, 0.3) is 0 Å². The van der Waals surface area contributed by atoms with Crippen molar-refractivity contribution >= 4 is 17.7 Å².